The van der Waals surface area contributed by atoms with Crippen LogP contribution in [-0.2, 0) is 4.74 Å². The van der Waals surface area contributed by atoms with Crippen molar-refractivity contribution in [1.29, 1.82) is 0 Å². The fraction of sp³-hybridized carbons (Fsp3) is 1.00. The van der Waals surface area contributed by atoms with Gasteiger partial charge in [-0.25, -0.2) is 4.39 Å². The number of methoxy groups -OCH3 is 1. The van der Waals surface area contributed by atoms with E-state index in [2.05, 4.69) is 20.8 Å². The first kappa shape index (κ1) is 11.0. The first-order valence-electron chi connectivity index (χ1n) is 5.24. The maximum atomic E-state index is 13.5. The second-order valence-electron chi connectivity index (χ2n) is 4.59. The Morgan fingerprint density at radius 1 is 1.31 bits per heavy atom. The molecule has 1 nitrogen and oxygen atoms in total. The van der Waals surface area contributed by atoms with Crippen molar-refractivity contribution in [2.45, 2.75) is 45.9 Å². The van der Waals surface area contributed by atoms with Crippen LogP contribution in [0.15, 0.2) is 0 Å². The van der Waals surface area contributed by atoms with E-state index in [1.807, 2.05) is 0 Å². The SMILES string of the molecule is CO[C@H]1[C@@H](C(C)C)[C@H](C)CC[C@H]1F. The fourth-order valence-electron chi connectivity index (χ4n) is 2.68. The van der Waals surface area contributed by atoms with Gasteiger partial charge in [-0.3, -0.25) is 0 Å². The smallest absolute Gasteiger partial charge is 0.126 e. The fourth-order valence-corrected chi connectivity index (χ4v) is 2.68. The van der Waals surface area contributed by atoms with E-state index in [0.29, 0.717) is 24.2 Å². The van der Waals surface area contributed by atoms with Crippen LogP contribution in [0.1, 0.15) is 33.6 Å². The minimum Gasteiger partial charge on any atom is -0.378 e. The molecule has 0 aliphatic heterocycles. The Balaban J connectivity index is 2.71. The van der Waals surface area contributed by atoms with Gasteiger partial charge in [0.1, 0.15) is 6.17 Å². The van der Waals surface area contributed by atoms with Gasteiger partial charge in [-0.1, -0.05) is 20.8 Å². The predicted octanol–water partition coefficient (Wildman–Crippen LogP) is 3.04. The van der Waals surface area contributed by atoms with Gasteiger partial charge in [0, 0.05) is 7.11 Å². The standard InChI is InChI=1S/C11H21FO/c1-7(2)10-8(3)5-6-9(12)11(10)13-4/h7-11H,5-6H2,1-4H3/t8-,9-,10+,11-/m1/s1. The van der Waals surface area contributed by atoms with Crippen molar-refractivity contribution in [3.05, 3.63) is 0 Å². The molecule has 2 heteroatoms. The highest BCUT2D eigenvalue weighted by atomic mass is 19.1. The van der Waals surface area contributed by atoms with E-state index in [9.17, 15) is 4.39 Å². The Hall–Kier alpha value is -0.110. The third-order valence-corrected chi connectivity index (χ3v) is 3.33. The molecule has 4 atom stereocenters. The Morgan fingerprint density at radius 2 is 1.92 bits per heavy atom. The molecule has 0 aromatic heterocycles. The summed E-state index contributed by atoms with van der Waals surface area (Å²) in [5.41, 5.74) is 0. The van der Waals surface area contributed by atoms with E-state index in [-0.39, 0.29) is 6.10 Å². The van der Waals surface area contributed by atoms with Gasteiger partial charge in [-0.05, 0) is 30.6 Å². The van der Waals surface area contributed by atoms with Gasteiger partial charge < -0.3 is 4.74 Å². The van der Waals surface area contributed by atoms with Crippen LogP contribution in [0, 0.1) is 17.8 Å². The van der Waals surface area contributed by atoms with Crippen LogP contribution in [-0.4, -0.2) is 19.4 Å². The minimum absolute atomic E-state index is 0.177. The van der Waals surface area contributed by atoms with Gasteiger partial charge in [-0.15, -0.1) is 0 Å². The number of alkyl halides is 1. The molecule has 1 rings (SSSR count). The summed E-state index contributed by atoms with van der Waals surface area (Å²) in [6, 6.07) is 0. The van der Waals surface area contributed by atoms with Crippen molar-refractivity contribution in [1.82, 2.24) is 0 Å². The lowest BCUT2D eigenvalue weighted by molar-refractivity contribution is -0.0694. The summed E-state index contributed by atoms with van der Waals surface area (Å²) >= 11 is 0. The molecule has 0 radical (unpaired) electrons. The quantitative estimate of drug-likeness (QED) is 0.647. The summed E-state index contributed by atoms with van der Waals surface area (Å²) in [5.74, 6) is 1.49. The molecule has 0 aromatic rings. The summed E-state index contributed by atoms with van der Waals surface area (Å²) in [7, 11) is 1.63. The van der Waals surface area contributed by atoms with Crippen LogP contribution >= 0.6 is 0 Å². The highest BCUT2D eigenvalue weighted by Gasteiger charge is 2.39. The van der Waals surface area contributed by atoms with Crippen molar-refractivity contribution < 1.29 is 9.13 Å². The molecule has 1 aliphatic rings. The monoisotopic (exact) mass is 188 g/mol. The molecule has 0 heterocycles. The van der Waals surface area contributed by atoms with Gasteiger partial charge in [0.15, 0.2) is 0 Å². The molecule has 0 saturated heterocycles. The van der Waals surface area contributed by atoms with Gasteiger partial charge in [0.2, 0.25) is 0 Å². The van der Waals surface area contributed by atoms with Crippen LogP contribution in [0.25, 0.3) is 0 Å². The van der Waals surface area contributed by atoms with E-state index in [4.69, 9.17) is 4.74 Å². The predicted molar refractivity (Wildman–Crippen MR) is 52.4 cm³/mol. The first-order chi connectivity index (χ1) is 6.07. The summed E-state index contributed by atoms with van der Waals surface area (Å²) < 4.78 is 18.8. The molecule has 0 N–H and O–H groups in total. The molecule has 0 unspecified atom stereocenters. The van der Waals surface area contributed by atoms with E-state index >= 15 is 0 Å². The lowest BCUT2D eigenvalue weighted by atomic mass is 9.72. The minimum atomic E-state index is -0.756. The molecule has 1 aliphatic carbocycles. The Bertz CT molecular complexity index is 158. The molecular weight excluding hydrogens is 167 g/mol. The van der Waals surface area contributed by atoms with E-state index < -0.39 is 6.17 Å². The van der Waals surface area contributed by atoms with Gasteiger partial charge in [0.05, 0.1) is 6.10 Å². The van der Waals surface area contributed by atoms with Crippen LogP contribution in [0.2, 0.25) is 0 Å². The number of ether oxygens (including phenoxy) is 1. The number of hydrogen-bond donors (Lipinski definition) is 0. The van der Waals surface area contributed by atoms with Gasteiger partial charge in [-0.2, -0.15) is 0 Å². The number of hydrogen-bond acceptors (Lipinski definition) is 1. The van der Waals surface area contributed by atoms with Crippen molar-refractivity contribution in [3.63, 3.8) is 0 Å². The topological polar surface area (TPSA) is 9.23 Å². The summed E-state index contributed by atoms with van der Waals surface area (Å²) in [6.45, 7) is 6.53. The second kappa shape index (κ2) is 4.41. The van der Waals surface area contributed by atoms with Crippen molar-refractivity contribution >= 4 is 0 Å². The summed E-state index contributed by atoms with van der Waals surface area (Å²) in [6.07, 6.45) is 0.740. The van der Waals surface area contributed by atoms with Crippen molar-refractivity contribution in [3.8, 4) is 0 Å². The third kappa shape index (κ3) is 2.22. The summed E-state index contributed by atoms with van der Waals surface area (Å²) in [4.78, 5) is 0. The maximum Gasteiger partial charge on any atom is 0.126 e. The van der Waals surface area contributed by atoms with Crippen LogP contribution in [0.4, 0.5) is 4.39 Å². The van der Waals surface area contributed by atoms with Gasteiger partial charge in [0.25, 0.3) is 0 Å². The molecule has 0 aromatic carbocycles. The lowest BCUT2D eigenvalue weighted by Gasteiger charge is -2.40. The molecule has 0 spiro atoms. The molecular formula is C11H21FO. The van der Waals surface area contributed by atoms with Crippen LogP contribution in [0.5, 0.6) is 0 Å². The number of halogens is 1. The third-order valence-electron chi connectivity index (χ3n) is 3.33. The zero-order valence-corrected chi connectivity index (χ0v) is 9.09. The molecule has 78 valence electrons. The van der Waals surface area contributed by atoms with Crippen molar-refractivity contribution in [2.75, 3.05) is 7.11 Å². The Kier molecular flexibility index (Phi) is 3.72. The highest BCUT2D eigenvalue weighted by Crippen LogP contribution is 2.37. The average Bonchev–Trinajstić information content (AvgIpc) is 2.07. The van der Waals surface area contributed by atoms with Crippen LogP contribution < -0.4 is 0 Å². The Morgan fingerprint density at radius 3 is 2.31 bits per heavy atom. The molecule has 0 bridgehead atoms. The average molecular weight is 188 g/mol. The van der Waals surface area contributed by atoms with E-state index in [0.717, 1.165) is 6.42 Å². The molecule has 1 fully saturated rings. The van der Waals surface area contributed by atoms with E-state index in [1.165, 1.54) is 0 Å². The largest absolute Gasteiger partial charge is 0.378 e. The summed E-state index contributed by atoms with van der Waals surface area (Å²) in [5, 5.41) is 0. The zero-order valence-electron chi connectivity index (χ0n) is 9.09. The zero-order chi connectivity index (χ0) is 10.0. The molecule has 0 amide bonds. The van der Waals surface area contributed by atoms with Crippen LogP contribution in [0.3, 0.4) is 0 Å². The molecule has 1 saturated carbocycles. The molecule has 13 heavy (non-hydrogen) atoms. The normalized spacial score (nSPS) is 41.1. The second-order valence-corrected chi connectivity index (χ2v) is 4.59. The van der Waals surface area contributed by atoms with E-state index in [1.54, 1.807) is 7.11 Å². The highest BCUT2D eigenvalue weighted by molar-refractivity contribution is 4.88. The lowest BCUT2D eigenvalue weighted by Crippen LogP contribution is -2.43. The first-order valence-corrected chi connectivity index (χ1v) is 5.24. The van der Waals surface area contributed by atoms with Gasteiger partial charge >= 0.3 is 0 Å². The Labute approximate surface area is 80.7 Å². The maximum absolute atomic E-state index is 13.5. The number of rotatable bonds is 2. The van der Waals surface area contributed by atoms with Crippen molar-refractivity contribution in [2.24, 2.45) is 17.8 Å².